The van der Waals surface area contributed by atoms with Gasteiger partial charge in [0.2, 0.25) is 0 Å². The first-order valence-electron chi connectivity index (χ1n) is 38.4. The molecule has 0 aliphatic carbocycles. The maximum atomic E-state index is 12.4. The van der Waals surface area contributed by atoms with Crippen LogP contribution in [0.2, 0.25) is 0 Å². The third kappa shape index (κ3) is 76.2. The van der Waals surface area contributed by atoms with Crippen LogP contribution in [0.3, 0.4) is 0 Å². The molecule has 0 aliphatic heterocycles. The Morgan fingerprint density at radius 1 is 0.256 bits per heavy atom. The Morgan fingerprint density at radius 3 is 0.667 bits per heavy atom. The van der Waals surface area contributed by atoms with Gasteiger partial charge in [0.25, 0.3) is 0 Å². The summed E-state index contributed by atoms with van der Waals surface area (Å²) in [6.45, 7) is 3.94. The van der Waals surface area contributed by atoms with Crippen molar-refractivity contribution in [3.8, 4) is 0 Å². The van der Waals surface area contributed by atoms with Gasteiger partial charge >= 0.3 is 11.9 Å². The lowest BCUT2D eigenvalue weighted by Gasteiger charge is -2.15. The van der Waals surface area contributed by atoms with E-state index in [1.54, 1.807) is 0 Å². The second kappa shape index (κ2) is 79.0. The van der Waals surface area contributed by atoms with Crippen molar-refractivity contribution in [2.45, 2.75) is 367 Å². The van der Waals surface area contributed by atoms with Crippen LogP contribution in [-0.4, -0.2) is 36.4 Å². The van der Waals surface area contributed by atoms with E-state index in [0.717, 1.165) is 116 Å². The molecule has 0 fully saturated rings. The number of rotatable bonds is 70. The minimum Gasteiger partial charge on any atom is -0.462 e. The summed E-state index contributed by atoms with van der Waals surface area (Å²) in [5.41, 5.74) is 0. The number of hydrogen-bond acceptors (Lipinski definition) is 5. The highest BCUT2D eigenvalue weighted by atomic mass is 16.6. The van der Waals surface area contributed by atoms with Crippen molar-refractivity contribution in [3.05, 3.63) is 146 Å². The molecule has 0 saturated heterocycles. The van der Waals surface area contributed by atoms with Gasteiger partial charge in [-0.05, 0) is 116 Å². The van der Waals surface area contributed by atoms with E-state index in [4.69, 9.17) is 9.47 Å². The lowest BCUT2D eigenvalue weighted by atomic mass is 10.0. The van der Waals surface area contributed by atoms with Gasteiger partial charge in [0.05, 0.1) is 6.61 Å². The van der Waals surface area contributed by atoms with Crippen LogP contribution >= 0.6 is 0 Å². The van der Waals surface area contributed by atoms with Crippen molar-refractivity contribution in [1.29, 1.82) is 0 Å². The molecule has 0 heterocycles. The van der Waals surface area contributed by atoms with Gasteiger partial charge < -0.3 is 14.6 Å². The Labute approximate surface area is 558 Å². The molecule has 0 aromatic heterocycles. The average molecular weight is 1250 g/mol. The molecule has 1 unspecified atom stereocenters. The Hall–Kier alpha value is -4.22. The van der Waals surface area contributed by atoms with Crippen molar-refractivity contribution >= 4 is 11.9 Å². The molecule has 0 amide bonds. The van der Waals surface area contributed by atoms with Gasteiger partial charge in [-0.2, -0.15) is 0 Å². The molecule has 0 radical (unpaired) electrons. The number of carbonyl (C=O) groups excluding carboxylic acids is 2. The first-order chi connectivity index (χ1) is 44.6. The third-order valence-corrected chi connectivity index (χ3v) is 16.6. The van der Waals surface area contributed by atoms with Gasteiger partial charge in [0, 0.05) is 12.8 Å². The molecule has 0 aromatic rings. The van der Waals surface area contributed by atoms with Gasteiger partial charge in [-0.25, -0.2) is 0 Å². The molecule has 1 N–H and O–H groups in total. The average Bonchev–Trinajstić information content (AvgIpc) is 3.60. The molecule has 5 nitrogen and oxygen atoms in total. The zero-order valence-electron chi connectivity index (χ0n) is 59.1. The van der Waals surface area contributed by atoms with Crippen molar-refractivity contribution < 1.29 is 24.2 Å². The fourth-order valence-electron chi connectivity index (χ4n) is 11.0. The molecule has 1 atom stereocenters. The number of esters is 2. The van der Waals surface area contributed by atoms with Gasteiger partial charge in [-0.15, -0.1) is 0 Å². The largest absolute Gasteiger partial charge is 0.462 e. The highest BCUT2D eigenvalue weighted by Crippen LogP contribution is 2.18. The van der Waals surface area contributed by atoms with Crippen LogP contribution in [0, 0.1) is 0 Å². The first kappa shape index (κ1) is 85.8. The number of aliphatic hydroxyl groups is 1. The van der Waals surface area contributed by atoms with Crippen molar-refractivity contribution in [2.75, 3.05) is 13.2 Å². The SMILES string of the molecule is CC/C=C\C/C=C\C/C=C\C/C=C\C/C=C\C/C=C\C/C=C\CCCCCCCCCCCCCCCCCCCCCC(=O)OC(CO)COC(=O)CCCCCCCCCCCCCCCCCCCCC/C=C\C/C=C\C/C=C\C/C=C\C/C=C\CC. The number of allylic oxidation sites excluding steroid dienone is 24. The predicted molar refractivity (Wildman–Crippen MR) is 398 cm³/mol. The van der Waals surface area contributed by atoms with E-state index in [2.05, 4.69) is 160 Å². The lowest BCUT2D eigenvalue weighted by molar-refractivity contribution is -0.161. The highest BCUT2D eigenvalue weighted by molar-refractivity contribution is 5.70. The van der Waals surface area contributed by atoms with Gasteiger partial charge in [0.1, 0.15) is 6.61 Å². The molecular weight excluding hydrogens is 1100 g/mol. The molecule has 90 heavy (non-hydrogen) atoms. The molecule has 0 aromatic carbocycles. The van der Waals surface area contributed by atoms with Crippen LogP contribution in [-0.2, 0) is 19.1 Å². The maximum Gasteiger partial charge on any atom is 0.306 e. The topological polar surface area (TPSA) is 72.8 Å². The molecule has 0 rings (SSSR count). The van der Waals surface area contributed by atoms with Crippen LogP contribution in [0.5, 0.6) is 0 Å². The number of unbranched alkanes of at least 4 members (excludes halogenated alkanes) is 38. The Balaban J connectivity index is 3.44. The van der Waals surface area contributed by atoms with Crippen LogP contribution in [0.4, 0.5) is 0 Å². The van der Waals surface area contributed by atoms with Gasteiger partial charge in [-0.1, -0.05) is 378 Å². The van der Waals surface area contributed by atoms with E-state index >= 15 is 0 Å². The standard InChI is InChI=1S/C85H144O5/c1-3-5-7-9-11-13-15-17-19-21-23-25-27-29-31-33-35-37-39-40-41-42-43-44-46-48-50-52-54-56-58-60-62-64-66-68-70-72-74-76-78-80-85(88)90-83(81-86)82-89-84(87)79-77-75-73-71-69-67-65-63-61-59-57-55-53-51-49-47-45-38-36-34-32-30-28-26-24-22-20-18-16-14-12-10-8-6-4-2/h5-8,11-14,17-20,23-26,29-32,35,37,40-41,83,86H,3-4,9-10,15-16,21-22,27-28,33-34,36,38-39,42-82H2,1-2H3/b7-5-,8-6-,13-11-,14-12-,19-17-,20-18-,25-23-,26-24-,31-29-,32-30-,37-35-,41-40-. The number of aliphatic hydroxyl groups excluding tert-OH is 1. The van der Waals surface area contributed by atoms with Crippen LogP contribution in [0.25, 0.3) is 0 Å². The smallest absolute Gasteiger partial charge is 0.306 e. The van der Waals surface area contributed by atoms with Crippen molar-refractivity contribution in [2.24, 2.45) is 0 Å². The Morgan fingerprint density at radius 2 is 0.444 bits per heavy atom. The number of ether oxygens (including phenoxy) is 2. The minimum atomic E-state index is -0.778. The zero-order chi connectivity index (χ0) is 64.7. The molecule has 0 bridgehead atoms. The quantitative estimate of drug-likeness (QED) is 0.0373. The summed E-state index contributed by atoms with van der Waals surface area (Å²) in [6.07, 6.45) is 119. The van der Waals surface area contributed by atoms with E-state index in [1.807, 2.05) is 0 Å². The predicted octanol–water partition coefficient (Wildman–Crippen LogP) is 27.2. The summed E-state index contributed by atoms with van der Waals surface area (Å²) in [4.78, 5) is 24.7. The normalized spacial score (nSPS) is 13.1. The van der Waals surface area contributed by atoms with Crippen LogP contribution < -0.4 is 0 Å². The lowest BCUT2D eigenvalue weighted by Crippen LogP contribution is -2.28. The summed E-state index contributed by atoms with van der Waals surface area (Å²) < 4.78 is 10.8. The summed E-state index contributed by atoms with van der Waals surface area (Å²) in [7, 11) is 0. The van der Waals surface area contributed by atoms with Gasteiger partial charge in [0.15, 0.2) is 6.10 Å². The third-order valence-electron chi connectivity index (χ3n) is 16.6. The zero-order valence-corrected chi connectivity index (χ0v) is 59.1. The monoisotopic (exact) mass is 1250 g/mol. The molecule has 0 saturated carbocycles. The molecule has 514 valence electrons. The van der Waals surface area contributed by atoms with E-state index in [-0.39, 0.29) is 25.2 Å². The summed E-state index contributed by atoms with van der Waals surface area (Å²) in [5, 5.41) is 9.73. The van der Waals surface area contributed by atoms with Crippen molar-refractivity contribution in [3.63, 3.8) is 0 Å². The van der Waals surface area contributed by atoms with Crippen LogP contribution in [0.1, 0.15) is 361 Å². The summed E-state index contributed by atoms with van der Waals surface area (Å²) in [6, 6.07) is 0. The fraction of sp³-hybridized carbons (Fsp3) is 0.694. The summed E-state index contributed by atoms with van der Waals surface area (Å²) in [5.74, 6) is -0.578. The second-order valence-electron chi connectivity index (χ2n) is 25.3. The van der Waals surface area contributed by atoms with Crippen LogP contribution in [0.15, 0.2) is 146 Å². The van der Waals surface area contributed by atoms with Gasteiger partial charge in [-0.3, -0.25) is 9.59 Å². The molecule has 0 spiro atoms. The highest BCUT2D eigenvalue weighted by Gasteiger charge is 2.16. The van der Waals surface area contributed by atoms with E-state index < -0.39 is 6.10 Å². The Kier molecular flexibility index (Phi) is 75.3. The minimum absolute atomic E-state index is 0.0664. The molecule has 5 heteroatoms. The van der Waals surface area contributed by atoms with E-state index in [9.17, 15) is 14.7 Å². The summed E-state index contributed by atoms with van der Waals surface area (Å²) >= 11 is 0. The maximum absolute atomic E-state index is 12.4. The fourth-order valence-corrected chi connectivity index (χ4v) is 11.0. The number of hydrogen-bond donors (Lipinski definition) is 1. The Bertz CT molecular complexity index is 1850. The van der Waals surface area contributed by atoms with E-state index in [0.29, 0.717) is 12.8 Å². The molecular formula is C85H144O5. The van der Waals surface area contributed by atoms with E-state index in [1.165, 1.54) is 218 Å². The molecule has 0 aliphatic rings. The van der Waals surface area contributed by atoms with Crippen molar-refractivity contribution in [1.82, 2.24) is 0 Å². The second-order valence-corrected chi connectivity index (χ2v) is 25.3. The first-order valence-corrected chi connectivity index (χ1v) is 38.4. The number of carbonyl (C=O) groups is 2.